The number of benzene rings is 1. The lowest BCUT2D eigenvalue weighted by Gasteiger charge is -2.14. The minimum atomic E-state index is -1.25. The Morgan fingerprint density at radius 3 is 2.73 bits per heavy atom. The molecule has 1 atom stereocenters. The minimum Gasteiger partial charge on any atom is -0.493 e. The molecule has 0 saturated carbocycles. The van der Waals surface area contributed by atoms with Crippen LogP contribution in [0.25, 0.3) is 11.6 Å². The van der Waals surface area contributed by atoms with E-state index < -0.39 is 18.0 Å². The van der Waals surface area contributed by atoms with Crippen molar-refractivity contribution in [2.75, 3.05) is 0 Å². The molecule has 3 N–H and O–H groups in total. The second-order valence-corrected chi connectivity index (χ2v) is 7.26. The van der Waals surface area contributed by atoms with Crippen molar-refractivity contribution in [1.82, 2.24) is 4.57 Å². The monoisotopic (exact) mass is 390 g/mol. The Kier molecular flexibility index (Phi) is 5.01. The van der Waals surface area contributed by atoms with E-state index in [1.807, 2.05) is 24.3 Å². The number of fused-ring (bicyclic) bond motifs is 1. The SMILES string of the molecule is O=C(O)CC[C@H](C(=O)O)n1c(O)c(/C=C2\C=Nc3ccccc32)sc1=S. The van der Waals surface area contributed by atoms with Gasteiger partial charge >= 0.3 is 11.9 Å². The van der Waals surface area contributed by atoms with Crippen LogP contribution in [0.4, 0.5) is 5.69 Å². The average Bonchev–Trinajstić information content (AvgIpc) is 3.11. The van der Waals surface area contributed by atoms with Gasteiger partial charge in [0.1, 0.15) is 6.04 Å². The molecule has 9 heteroatoms. The molecule has 0 radical (unpaired) electrons. The molecule has 0 saturated heterocycles. The first-order chi connectivity index (χ1) is 12.4. The number of para-hydroxylation sites is 1. The summed E-state index contributed by atoms with van der Waals surface area (Å²) in [4.78, 5) is 27.0. The topological polar surface area (TPSA) is 112 Å². The predicted octanol–water partition coefficient (Wildman–Crippen LogP) is 3.73. The maximum Gasteiger partial charge on any atom is 0.326 e. The van der Waals surface area contributed by atoms with Crippen molar-refractivity contribution in [1.29, 1.82) is 0 Å². The quantitative estimate of drug-likeness (QED) is 0.648. The number of aliphatic carboxylic acids is 2. The Bertz CT molecular complexity index is 1000. The van der Waals surface area contributed by atoms with Crippen molar-refractivity contribution in [2.24, 2.45) is 4.99 Å². The lowest BCUT2D eigenvalue weighted by Crippen LogP contribution is -2.20. The van der Waals surface area contributed by atoms with Gasteiger partial charge in [0, 0.05) is 23.8 Å². The minimum absolute atomic E-state index is 0.162. The van der Waals surface area contributed by atoms with E-state index in [4.69, 9.17) is 17.3 Å². The van der Waals surface area contributed by atoms with Gasteiger partial charge in [-0.1, -0.05) is 18.2 Å². The zero-order chi connectivity index (χ0) is 18.8. The first kappa shape index (κ1) is 18.0. The molecule has 3 rings (SSSR count). The van der Waals surface area contributed by atoms with E-state index in [0.717, 1.165) is 32.7 Å². The molecule has 0 amide bonds. The maximum absolute atomic E-state index is 11.5. The number of thiazole rings is 1. The van der Waals surface area contributed by atoms with Crippen LogP contribution in [0.15, 0.2) is 29.3 Å². The number of allylic oxidation sites excluding steroid dienone is 1. The fourth-order valence-electron chi connectivity index (χ4n) is 2.68. The fourth-order valence-corrected chi connectivity index (χ4v) is 4.04. The van der Waals surface area contributed by atoms with Crippen LogP contribution in [-0.2, 0) is 9.59 Å². The van der Waals surface area contributed by atoms with Gasteiger partial charge in [0.2, 0.25) is 5.88 Å². The molecule has 1 aliphatic heterocycles. The van der Waals surface area contributed by atoms with Gasteiger partial charge in [0.25, 0.3) is 0 Å². The van der Waals surface area contributed by atoms with E-state index >= 15 is 0 Å². The zero-order valence-corrected chi connectivity index (χ0v) is 15.0. The number of aliphatic imine (C=N–C) groups is 1. The largest absolute Gasteiger partial charge is 0.493 e. The third-order valence-corrected chi connectivity index (χ3v) is 5.25. The third-order valence-electron chi connectivity index (χ3n) is 3.92. The van der Waals surface area contributed by atoms with Crippen LogP contribution in [0.2, 0.25) is 0 Å². The summed E-state index contributed by atoms with van der Waals surface area (Å²) < 4.78 is 1.26. The number of aromatic hydroxyl groups is 1. The number of hydrogen-bond donors (Lipinski definition) is 3. The van der Waals surface area contributed by atoms with Gasteiger partial charge in [0.05, 0.1) is 10.6 Å². The van der Waals surface area contributed by atoms with Gasteiger partial charge in [-0.3, -0.25) is 14.4 Å². The molecule has 1 aromatic carbocycles. The molecule has 0 spiro atoms. The molecule has 0 aliphatic carbocycles. The second kappa shape index (κ2) is 7.22. The van der Waals surface area contributed by atoms with E-state index in [-0.39, 0.29) is 22.7 Å². The number of carboxylic acids is 2. The van der Waals surface area contributed by atoms with E-state index in [9.17, 15) is 19.8 Å². The highest BCUT2D eigenvalue weighted by Gasteiger charge is 2.26. The first-order valence-corrected chi connectivity index (χ1v) is 8.85. The Hall–Kier alpha value is -2.78. The van der Waals surface area contributed by atoms with Gasteiger partial charge < -0.3 is 15.3 Å². The number of rotatable bonds is 6. The van der Waals surface area contributed by atoms with E-state index in [0.29, 0.717) is 4.88 Å². The lowest BCUT2D eigenvalue weighted by molar-refractivity contribution is -0.142. The standard InChI is InChI=1S/C17H14N2O5S2/c20-14(21)6-5-12(16(23)24)19-15(22)13(26-17(19)25)7-9-8-18-11-4-2-1-3-10(9)11/h1-4,7-8,12,22H,5-6H2,(H,20,21)(H,23,24)/b9-7+/t12-/m1/s1. The molecule has 2 aromatic rings. The summed E-state index contributed by atoms with van der Waals surface area (Å²) >= 11 is 6.26. The van der Waals surface area contributed by atoms with E-state index in [2.05, 4.69) is 4.99 Å². The molecular weight excluding hydrogens is 376 g/mol. The summed E-state index contributed by atoms with van der Waals surface area (Å²) in [6.45, 7) is 0. The van der Waals surface area contributed by atoms with Gasteiger partial charge in [-0.15, -0.1) is 11.3 Å². The average molecular weight is 390 g/mol. The van der Waals surface area contributed by atoms with Gasteiger partial charge in [-0.25, -0.2) is 4.79 Å². The first-order valence-electron chi connectivity index (χ1n) is 7.62. The summed E-state index contributed by atoms with van der Waals surface area (Å²) in [5.74, 6) is -2.65. The Morgan fingerprint density at radius 1 is 1.31 bits per heavy atom. The van der Waals surface area contributed by atoms with Crippen LogP contribution in [-0.4, -0.2) is 38.0 Å². The fraction of sp³-hybridized carbons (Fsp3) is 0.176. The van der Waals surface area contributed by atoms with Crippen molar-refractivity contribution in [3.8, 4) is 5.88 Å². The molecule has 0 bridgehead atoms. The van der Waals surface area contributed by atoms with Crippen LogP contribution >= 0.6 is 23.6 Å². The van der Waals surface area contributed by atoms with Crippen molar-refractivity contribution in [2.45, 2.75) is 18.9 Å². The Morgan fingerprint density at radius 2 is 2.04 bits per heavy atom. The zero-order valence-electron chi connectivity index (χ0n) is 13.3. The van der Waals surface area contributed by atoms with Crippen LogP contribution in [0.3, 0.4) is 0 Å². The molecule has 1 aliphatic rings. The van der Waals surface area contributed by atoms with Gasteiger partial charge in [-0.2, -0.15) is 0 Å². The van der Waals surface area contributed by atoms with Crippen molar-refractivity contribution in [3.63, 3.8) is 0 Å². The molecular formula is C17H14N2O5S2. The predicted molar refractivity (Wildman–Crippen MR) is 101 cm³/mol. The Labute approximate surface area is 157 Å². The Balaban J connectivity index is 2.00. The molecule has 134 valence electrons. The van der Waals surface area contributed by atoms with Crippen LogP contribution < -0.4 is 0 Å². The molecule has 1 aromatic heterocycles. The summed E-state index contributed by atoms with van der Waals surface area (Å²) in [7, 11) is 0. The van der Waals surface area contributed by atoms with E-state index in [1.54, 1.807) is 12.3 Å². The lowest BCUT2D eigenvalue weighted by atomic mass is 10.1. The number of hydrogen-bond acceptors (Lipinski definition) is 6. The summed E-state index contributed by atoms with van der Waals surface area (Å²) in [6.07, 6.45) is 2.84. The molecule has 0 fully saturated rings. The third kappa shape index (κ3) is 3.44. The van der Waals surface area contributed by atoms with E-state index in [1.165, 1.54) is 0 Å². The highest BCUT2D eigenvalue weighted by molar-refractivity contribution is 7.73. The normalized spacial score (nSPS) is 15.2. The van der Waals surface area contributed by atoms with Crippen molar-refractivity contribution >= 4 is 59.0 Å². The summed E-state index contributed by atoms with van der Waals surface area (Å²) in [5, 5.41) is 28.7. The van der Waals surface area contributed by atoms with Crippen molar-refractivity contribution in [3.05, 3.63) is 38.7 Å². The number of carboxylic acid groups (broad SMARTS) is 2. The van der Waals surface area contributed by atoms with Crippen molar-refractivity contribution < 1.29 is 24.9 Å². The van der Waals surface area contributed by atoms with Crippen LogP contribution in [0.1, 0.15) is 29.3 Å². The molecule has 26 heavy (non-hydrogen) atoms. The molecule has 2 heterocycles. The molecule has 0 unspecified atom stereocenters. The van der Waals surface area contributed by atoms with Gasteiger partial charge in [0.15, 0.2) is 3.95 Å². The number of carbonyl (C=O) groups is 2. The maximum atomic E-state index is 11.5. The highest BCUT2D eigenvalue weighted by atomic mass is 32.1. The summed E-state index contributed by atoms with van der Waals surface area (Å²) in [6, 6.07) is 6.27. The van der Waals surface area contributed by atoms with Crippen LogP contribution in [0.5, 0.6) is 5.88 Å². The van der Waals surface area contributed by atoms with Gasteiger partial charge in [-0.05, 0) is 30.8 Å². The summed E-state index contributed by atoms with van der Waals surface area (Å²) in [5.41, 5.74) is 2.49. The smallest absolute Gasteiger partial charge is 0.326 e. The van der Waals surface area contributed by atoms with Crippen LogP contribution in [0, 0.1) is 3.95 Å². The molecule has 7 nitrogen and oxygen atoms in total. The highest BCUT2D eigenvalue weighted by Crippen LogP contribution is 2.37. The number of nitrogens with zero attached hydrogens (tertiary/aromatic N) is 2. The second-order valence-electron chi connectivity index (χ2n) is 5.59. The number of aromatic nitrogens is 1.